The van der Waals surface area contributed by atoms with E-state index in [-0.39, 0.29) is 17.9 Å². The van der Waals surface area contributed by atoms with Gasteiger partial charge in [0.05, 0.1) is 6.04 Å². The molecule has 3 N–H and O–H groups in total. The van der Waals surface area contributed by atoms with E-state index in [1.165, 1.54) is 5.56 Å². The van der Waals surface area contributed by atoms with E-state index in [1.807, 2.05) is 18.2 Å². The Kier molecular flexibility index (Phi) is 2.56. The highest BCUT2D eigenvalue weighted by Gasteiger charge is 2.35. The standard InChI is InChI=1S/C13H15N3O2/c14-10-3-1-2-8-6-16(7-9(8)10)11-4-5-12(17)15-13(11)18/h1-3,11H,4-7,14H2,(H,15,17,18)/t11-/m0/s1. The highest BCUT2D eigenvalue weighted by molar-refractivity contribution is 6.00. The second kappa shape index (κ2) is 4.10. The van der Waals surface area contributed by atoms with Crippen LogP contribution in [0.1, 0.15) is 24.0 Å². The van der Waals surface area contributed by atoms with Gasteiger partial charge in [0.2, 0.25) is 11.8 Å². The number of nitrogens with zero attached hydrogens (tertiary/aromatic N) is 1. The van der Waals surface area contributed by atoms with Gasteiger partial charge in [-0.2, -0.15) is 0 Å². The third kappa shape index (κ3) is 1.76. The molecule has 2 heterocycles. The van der Waals surface area contributed by atoms with Crippen molar-refractivity contribution in [2.45, 2.75) is 32.0 Å². The van der Waals surface area contributed by atoms with E-state index >= 15 is 0 Å². The van der Waals surface area contributed by atoms with Gasteiger partial charge in [-0.3, -0.25) is 19.8 Å². The van der Waals surface area contributed by atoms with Crippen molar-refractivity contribution in [1.29, 1.82) is 0 Å². The van der Waals surface area contributed by atoms with Crippen LogP contribution in [0.15, 0.2) is 18.2 Å². The van der Waals surface area contributed by atoms with Gasteiger partial charge in [-0.05, 0) is 23.6 Å². The largest absolute Gasteiger partial charge is 0.398 e. The summed E-state index contributed by atoms with van der Waals surface area (Å²) < 4.78 is 0. The molecule has 94 valence electrons. The average Bonchev–Trinajstić information content (AvgIpc) is 2.74. The molecule has 1 fully saturated rings. The zero-order valence-corrected chi connectivity index (χ0v) is 9.98. The molecule has 0 saturated carbocycles. The zero-order valence-electron chi connectivity index (χ0n) is 9.98. The smallest absolute Gasteiger partial charge is 0.243 e. The van der Waals surface area contributed by atoms with E-state index in [0.29, 0.717) is 19.4 Å². The third-order valence-electron chi connectivity index (χ3n) is 3.69. The molecule has 0 aromatic heterocycles. The Bertz CT molecular complexity index is 527. The molecule has 0 spiro atoms. The summed E-state index contributed by atoms with van der Waals surface area (Å²) in [6, 6.07) is 5.64. The molecule has 0 aliphatic carbocycles. The summed E-state index contributed by atoms with van der Waals surface area (Å²) in [5.74, 6) is -0.356. The molecule has 1 aromatic carbocycles. The molecule has 2 aliphatic heterocycles. The van der Waals surface area contributed by atoms with Gasteiger partial charge in [0.1, 0.15) is 0 Å². The quantitative estimate of drug-likeness (QED) is 0.554. The lowest BCUT2D eigenvalue weighted by Crippen LogP contribution is -2.50. The van der Waals surface area contributed by atoms with Crippen LogP contribution in [0, 0.1) is 0 Å². The number of fused-ring (bicyclic) bond motifs is 1. The second-order valence-corrected chi connectivity index (χ2v) is 4.86. The number of rotatable bonds is 1. The Balaban J connectivity index is 1.80. The molecule has 0 unspecified atom stereocenters. The number of amides is 2. The maximum absolute atomic E-state index is 11.8. The number of anilines is 1. The zero-order chi connectivity index (χ0) is 12.7. The normalized spacial score (nSPS) is 23.9. The predicted molar refractivity (Wildman–Crippen MR) is 66.3 cm³/mol. The van der Waals surface area contributed by atoms with E-state index in [4.69, 9.17) is 5.73 Å². The summed E-state index contributed by atoms with van der Waals surface area (Å²) in [4.78, 5) is 25.0. The van der Waals surface area contributed by atoms with Crippen molar-refractivity contribution < 1.29 is 9.59 Å². The number of hydrogen-bond donors (Lipinski definition) is 2. The Labute approximate surface area is 105 Å². The molecule has 18 heavy (non-hydrogen) atoms. The highest BCUT2D eigenvalue weighted by atomic mass is 16.2. The summed E-state index contributed by atoms with van der Waals surface area (Å²) >= 11 is 0. The Hall–Kier alpha value is -1.88. The number of nitrogen functional groups attached to an aromatic ring is 1. The fraction of sp³-hybridized carbons (Fsp3) is 0.385. The van der Waals surface area contributed by atoms with Crippen molar-refractivity contribution in [3.63, 3.8) is 0 Å². The van der Waals surface area contributed by atoms with Gasteiger partial charge in [0.25, 0.3) is 0 Å². The summed E-state index contributed by atoms with van der Waals surface area (Å²) in [5.41, 5.74) is 9.01. The SMILES string of the molecule is Nc1cccc2c1CN([C@H]1CCC(=O)NC1=O)C2. The number of imide groups is 1. The van der Waals surface area contributed by atoms with Crippen molar-refractivity contribution in [3.05, 3.63) is 29.3 Å². The number of nitrogens with one attached hydrogen (secondary N) is 1. The lowest BCUT2D eigenvalue weighted by atomic mass is 10.0. The van der Waals surface area contributed by atoms with Crippen LogP contribution in [0.3, 0.4) is 0 Å². The van der Waals surface area contributed by atoms with Gasteiger partial charge in [-0.15, -0.1) is 0 Å². The van der Waals surface area contributed by atoms with Crippen LogP contribution in [0.25, 0.3) is 0 Å². The molecular weight excluding hydrogens is 230 g/mol. The lowest BCUT2D eigenvalue weighted by molar-refractivity contribution is -0.137. The fourth-order valence-electron chi connectivity index (χ4n) is 2.72. The molecular formula is C13H15N3O2. The minimum atomic E-state index is -0.213. The number of piperidine rings is 1. The van der Waals surface area contributed by atoms with Crippen molar-refractivity contribution in [1.82, 2.24) is 10.2 Å². The predicted octanol–water partition coefficient (Wildman–Crippen LogP) is 0.390. The van der Waals surface area contributed by atoms with E-state index in [1.54, 1.807) is 0 Å². The van der Waals surface area contributed by atoms with Crippen LogP contribution < -0.4 is 11.1 Å². The van der Waals surface area contributed by atoms with Crippen LogP contribution in [0.5, 0.6) is 0 Å². The number of carbonyl (C=O) groups is 2. The van der Waals surface area contributed by atoms with Crippen molar-refractivity contribution in [2.75, 3.05) is 5.73 Å². The van der Waals surface area contributed by atoms with Gasteiger partial charge in [0, 0.05) is 25.2 Å². The lowest BCUT2D eigenvalue weighted by Gasteiger charge is -2.29. The summed E-state index contributed by atoms with van der Waals surface area (Å²) in [5, 5.41) is 2.40. The van der Waals surface area contributed by atoms with Crippen LogP contribution in [-0.4, -0.2) is 22.8 Å². The number of nitrogens with two attached hydrogens (primary N) is 1. The third-order valence-corrected chi connectivity index (χ3v) is 3.69. The topological polar surface area (TPSA) is 75.4 Å². The Morgan fingerprint density at radius 2 is 2.11 bits per heavy atom. The molecule has 1 atom stereocenters. The second-order valence-electron chi connectivity index (χ2n) is 4.86. The molecule has 3 rings (SSSR count). The minimum Gasteiger partial charge on any atom is -0.398 e. The van der Waals surface area contributed by atoms with Crippen molar-refractivity contribution in [3.8, 4) is 0 Å². The van der Waals surface area contributed by atoms with E-state index in [9.17, 15) is 9.59 Å². The highest BCUT2D eigenvalue weighted by Crippen LogP contribution is 2.30. The maximum atomic E-state index is 11.8. The molecule has 0 bridgehead atoms. The van der Waals surface area contributed by atoms with Crippen LogP contribution >= 0.6 is 0 Å². The van der Waals surface area contributed by atoms with Gasteiger partial charge in [0.15, 0.2) is 0 Å². The number of hydrogen-bond acceptors (Lipinski definition) is 4. The molecule has 2 amide bonds. The summed E-state index contributed by atoms with van der Waals surface area (Å²) in [6.07, 6.45) is 1.01. The fourth-order valence-corrected chi connectivity index (χ4v) is 2.72. The van der Waals surface area contributed by atoms with Gasteiger partial charge >= 0.3 is 0 Å². The summed E-state index contributed by atoms with van der Waals surface area (Å²) in [7, 11) is 0. The average molecular weight is 245 g/mol. The van der Waals surface area contributed by atoms with Crippen LogP contribution in [0.4, 0.5) is 5.69 Å². The van der Waals surface area contributed by atoms with Crippen molar-refractivity contribution in [2.24, 2.45) is 0 Å². The van der Waals surface area contributed by atoms with E-state index in [0.717, 1.165) is 17.8 Å². The molecule has 1 saturated heterocycles. The monoisotopic (exact) mass is 245 g/mol. The first-order valence-electron chi connectivity index (χ1n) is 6.09. The maximum Gasteiger partial charge on any atom is 0.243 e. The first kappa shape index (κ1) is 11.2. The Morgan fingerprint density at radius 1 is 1.28 bits per heavy atom. The van der Waals surface area contributed by atoms with Gasteiger partial charge < -0.3 is 5.73 Å². The number of carbonyl (C=O) groups excluding carboxylic acids is 2. The van der Waals surface area contributed by atoms with Crippen molar-refractivity contribution >= 4 is 17.5 Å². The van der Waals surface area contributed by atoms with Crippen LogP contribution in [-0.2, 0) is 22.7 Å². The minimum absolute atomic E-state index is 0.174. The Morgan fingerprint density at radius 3 is 2.83 bits per heavy atom. The van der Waals surface area contributed by atoms with Crippen LogP contribution in [0.2, 0.25) is 0 Å². The summed E-state index contributed by atoms with van der Waals surface area (Å²) in [6.45, 7) is 1.42. The molecule has 1 aromatic rings. The van der Waals surface area contributed by atoms with E-state index < -0.39 is 0 Å². The van der Waals surface area contributed by atoms with E-state index in [2.05, 4.69) is 10.2 Å². The molecule has 5 heteroatoms. The molecule has 2 aliphatic rings. The first-order valence-corrected chi connectivity index (χ1v) is 6.09. The molecule has 0 radical (unpaired) electrons. The number of benzene rings is 1. The first-order chi connectivity index (χ1) is 8.65. The van der Waals surface area contributed by atoms with Gasteiger partial charge in [-0.1, -0.05) is 12.1 Å². The molecule has 5 nitrogen and oxygen atoms in total. The van der Waals surface area contributed by atoms with Gasteiger partial charge in [-0.25, -0.2) is 0 Å².